The lowest BCUT2D eigenvalue weighted by atomic mass is 9.96. The van der Waals surface area contributed by atoms with Gasteiger partial charge in [-0.3, -0.25) is 4.79 Å². The number of piperidine rings is 1. The van der Waals surface area contributed by atoms with Crippen LogP contribution in [-0.2, 0) is 4.79 Å². The quantitative estimate of drug-likeness (QED) is 0.715. The Labute approximate surface area is 177 Å². The van der Waals surface area contributed by atoms with Crippen LogP contribution in [0.25, 0.3) is 11.4 Å². The number of nitrogens with one attached hydrogen (secondary N) is 1. The summed E-state index contributed by atoms with van der Waals surface area (Å²) < 4.78 is 13.2. The predicted octanol–water partition coefficient (Wildman–Crippen LogP) is 4.51. The van der Waals surface area contributed by atoms with Gasteiger partial charge >= 0.3 is 0 Å². The van der Waals surface area contributed by atoms with E-state index in [0.717, 1.165) is 43.7 Å². The number of nitrogens with zero attached hydrogens (tertiary/aromatic N) is 3. The lowest BCUT2D eigenvalue weighted by molar-refractivity contribution is -0.125. The maximum absolute atomic E-state index is 13.2. The first-order chi connectivity index (χ1) is 14.7. The molecule has 4 rings (SSSR count). The van der Waals surface area contributed by atoms with E-state index in [1.807, 2.05) is 6.07 Å². The van der Waals surface area contributed by atoms with Gasteiger partial charge in [-0.2, -0.15) is 0 Å². The van der Waals surface area contributed by atoms with Crippen LogP contribution in [-0.4, -0.2) is 35.5 Å². The van der Waals surface area contributed by atoms with Gasteiger partial charge in [-0.25, -0.2) is 14.4 Å². The van der Waals surface area contributed by atoms with Gasteiger partial charge in [0.15, 0.2) is 5.82 Å². The van der Waals surface area contributed by atoms with Crippen molar-refractivity contribution in [2.45, 2.75) is 44.9 Å². The van der Waals surface area contributed by atoms with Gasteiger partial charge in [0.2, 0.25) is 5.91 Å². The van der Waals surface area contributed by atoms with Gasteiger partial charge in [0.05, 0.1) is 5.92 Å². The third-order valence-electron chi connectivity index (χ3n) is 5.99. The number of aromatic nitrogens is 2. The fourth-order valence-corrected chi connectivity index (χ4v) is 4.28. The number of halogens is 1. The van der Waals surface area contributed by atoms with Crippen LogP contribution >= 0.6 is 0 Å². The van der Waals surface area contributed by atoms with Crippen molar-refractivity contribution in [3.05, 3.63) is 54.0 Å². The molecule has 6 heteroatoms. The minimum absolute atomic E-state index is 0.0247. The van der Waals surface area contributed by atoms with E-state index in [0.29, 0.717) is 12.4 Å². The average molecular weight is 409 g/mol. The van der Waals surface area contributed by atoms with Gasteiger partial charge in [-0.1, -0.05) is 11.6 Å². The summed E-state index contributed by atoms with van der Waals surface area (Å²) in [5, 5.41) is 3.14. The standard InChI is InChI=1S/C24H29FN4O/c25-21-10-8-19(9-11-21)23-26-15-13-22(28-23)29-16-4-7-20(17-29)24(30)27-14-12-18-5-2-1-3-6-18/h5,8-11,13,15,20H,1-4,6-7,12,14,16-17H2,(H,27,30)/t20-/m0/s1. The number of hydrogen-bond donors (Lipinski definition) is 1. The molecule has 0 unspecified atom stereocenters. The van der Waals surface area contributed by atoms with Crippen LogP contribution in [0.5, 0.6) is 0 Å². The largest absolute Gasteiger partial charge is 0.356 e. The molecule has 1 aromatic heterocycles. The van der Waals surface area contributed by atoms with E-state index in [4.69, 9.17) is 0 Å². The highest BCUT2D eigenvalue weighted by atomic mass is 19.1. The minimum Gasteiger partial charge on any atom is -0.356 e. The highest BCUT2D eigenvalue weighted by molar-refractivity contribution is 5.79. The number of allylic oxidation sites excluding steroid dienone is 1. The topological polar surface area (TPSA) is 58.1 Å². The Balaban J connectivity index is 1.35. The molecule has 2 heterocycles. The van der Waals surface area contributed by atoms with Gasteiger partial charge < -0.3 is 10.2 Å². The number of hydrogen-bond acceptors (Lipinski definition) is 4. The van der Waals surface area contributed by atoms with Gasteiger partial charge in [0.1, 0.15) is 11.6 Å². The normalized spacial score (nSPS) is 19.3. The van der Waals surface area contributed by atoms with Crippen molar-refractivity contribution >= 4 is 11.7 Å². The Morgan fingerprint density at radius 1 is 1.17 bits per heavy atom. The number of amides is 1. The SMILES string of the molecule is O=C(NCCC1=CCCCC1)[C@H]1CCCN(c2ccnc(-c3ccc(F)cc3)n2)C1. The molecule has 2 aliphatic rings. The zero-order valence-electron chi connectivity index (χ0n) is 17.3. The van der Waals surface area contributed by atoms with Crippen LogP contribution in [0.3, 0.4) is 0 Å². The Morgan fingerprint density at radius 3 is 2.83 bits per heavy atom. The molecule has 1 aliphatic carbocycles. The lowest BCUT2D eigenvalue weighted by Gasteiger charge is -2.33. The highest BCUT2D eigenvalue weighted by Crippen LogP contribution is 2.24. The smallest absolute Gasteiger partial charge is 0.224 e. The number of carbonyl (C=O) groups excluding carboxylic acids is 1. The van der Waals surface area contributed by atoms with Crippen LogP contribution in [0, 0.1) is 11.7 Å². The Kier molecular flexibility index (Phi) is 6.72. The minimum atomic E-state index is -0.278. The summed E-state index contributed by atoms with van der Waals surface area (Å²) in [7, 11) is 0. The van der Waals surface area contributed by atoms with E-state index < -0.39 is 0 Å². The maximum Gasteiger partial charge on any atom is 0.224 e. The molecule has 1 N–H and O–H groups in total. The first-order valence-electron chi connectivity index (χ1n) is 11.0. The molecule has 0 saturated carbocycles. The highest BCUT2D eigenvalue weighted by Gasteiger charge is 2.26. The van der Waals surface area contributed by atoms with Crippen molar-refractivity contribution in [3.8, 4) is 11.4 Å². The molecule has 1 fully saturated rings. The summed E-state index contributed by atoms with van der Waals surface area (Å²) in [4.78, 5) is 23.9. The van der Waals surface area contributed by atoms with Gasteiger partial charge in [0.25, 0.3) is 0 Å². The average Bonchev–Trinajstić information content (AvgIpc) is 2.80. The Bertz CT molecular complexity index is 896. The third-order valence-corrected chi connectivity index (χ3v) is 5.99. The van der Waals surface area contributed by atoms with E-state index in [1.54, 1.807) is 18.3 Å². The lowest BCUT2D eigenvalue weighted by Crippen LogP contribution is -2.43. The molecule has 1 saturated heterocycles. The first-order valence-corrected chi connectivity index (χ1v) is 11.0. The van der Waals surface area contributed by atoms with Crippen molar-refractivity contribution in [1.82, 2.24) is 15.3 Å². The van der Waals surface area contributed by atoms with Crippen molar-refractivity contribution in [1.29, 1.82) is 0 Å². The maximum atomic E-state index is 13.2. The monoisotopic (exact) mass is 408 g/mol. The number of anilines is 1. The molecule has 0 bridgehead atoms. The van der Waals surface area contributed by atoms with E-state index in [1.165, 1.54) is 43.4 Å². The zero-order chi connectivity index (χ0) is 20.8. The molecular formula is C24H29FN4O. The third kappa shape index (κ3) is 5.23. The summed E-state index contributed by atoms with van der Waals surface area (Å²) in [5.74, 6) is 1.22. The summed E-state index contributed by atoms with van der Waals surface area (Å²) in [6.07, 6.45) is 11.8. The van der Waals surface area contributed by atoms with E-state index in [2.05, 4.69) is 26.3 Å². The predicted molar refractivity (Wildman–Crippen MR) is 117 cm³/mol. The van der Waals surface area contributed by atoms with E-state index in [-0.39, 0.29) is 17.6 Å². The number of benzene rings is 1. The van der Waals surface area contributed by atoms with Gasteiger partial charge in [0, 0.05) is 31.4 Å². The summed E-state index contributed by atoms with van der Waals surface area (Å²) in [6.45, 7) is 2.26. The summed E-state index contributed by atoms with van der Waals surface area (Å²) in [5.41, 5.74) is 2.27. The second-order valence-corrected chi connectivity index (χ2v) is 8.18. The fraction of sp³-hybridized carbons (Fsp3) is 0.458. The van der Waals surface area contributed by atoms with E-state index >= 15 is 0 Å². The molecule has 0 radical (unpaired) electrons. The molecule has 2 aromatic rings. The Hall–Kier alpha value is -2.76. The molecule has 1 amide bonds. The molecular weight excluding hydrogens is 379 g/mol. The molecule has 0 spiro atoms. The van der Waals surface area contributed by atoms with E-state index in [9.17, 15) is 9.18 Å². The fourth-order valence-electron chi connectivity index (χ4n) is 4.28. The molecule has 1 aliphatic heterocycles. The number of carbonyl (C=O) groups is 1. The number of rotatable bonds is 6. The van der Waals surface area contributed by atoms with Gasteiger partial charge in [-0.05, 0) is 75.3 Å². The van der Waals surface area contributed by atoms with Crippen molar-refractivity contribution in [2.24, 2.45) is 5.92 Å². The van der Waals surface area contributed by atoms with Crippen LogP contribution < -0.4 is 10.2 Å². The van der Waals surface area contributed by atoms with Crippen LogP contribution in [0.1, 0.15) is 44.9 Å². The van der Waals surface area contributed by atoms with Gasteiger partial charge in [-0.15, -0.1) is 0 Å². The van der Waals surface area contributed by atoms with Crippen molar-refractivity contribution < 1.29 is 9.18 Å². The second-order valence-electron chi connectivity index (χ2n) is 8.18. The van der Waals surface area contributed by atoms with Crippen LogP contribution in [0.2, 0.25) is 0 Å². The van der Waals surface area contributed by atoms with Crippen LogP contribution in [0.15, 0.2) is 48.2 Å². The molecule has 1 atom stereocenters. The summed E-state index contributed by atoms with van der Waals surface area (Å²) >= 11 is 0. The molecule has 5 nitrogen and oxygen atoms in total. The molecule has 158 valence electrons. The van der Waals surface area contributed by atoms with Crippen LogP contribution in [0.4, 0.5) is 10.2 Å². The summed E-state index contributed by atoms with van der Waals surface area (Å²) in [6, 6.07) is 8.07. The molecule has 30 heavy (non-hydrogen) atoms. The molecule has 1 aromatic carbocycles. The first kappa shape index (κ1) is 20.5. The Morgan fingerprint density at radius 2 is 2.03 bits per heavy atom. The van der Waals surface area contributed by atoms with Crippen molar-refractivity contribution in [2.75, 3.05) is 24.5 Å². The zero-order valence-corrected chi connectivity index (χ0v) is 17.3. The second kappa shape index (κ2) is 9.83. The van der Waals surface area contributed by atoms with Crippen molar-refractivity contribution in [3.63, 3.8) is 0 Å².